The van der Waals surface area contributed by atoms with Crippen molar-refractivity contribution in [2.45, 2.75) is 19.4 Å². The topological polar surface area (TPSA) is 62.1 Å². The summed E-state index contributed by atoms with van der Waals surface area (Å²) in [6.45, 7) is 3.48. The van der Waals surface area contributed by atoms with Gasteiger partial charge in [0.15, 0.2) is 0 Å². The summed E-state index contributed by atoms with van der Waals surface area (Å²) in [4.78, 5) is 15.6. The lowest BCUT2D eigenvalue weighted by Crippen LogP contribution is -2.22. The maximum absolute atomic E-state index is 10.7. The first kappa shape index (κ1) is 16.6. The molecule has 5 rings (SSSR count). The molecule has 0 aliphatic carbocycles. The van der Waals surface area contributed by atoms with Crippen molar-refractivity contribution in [2.24, 2.45) is 5.92 Å². The largest absolute Gasteiger partial charge is 0.391 e. The van der Waals surface area contributed by atoms with Gasteiger partial charge in [0.1, 0.15) is 12.1 Å². The molecule has 0 spiro atoms. The van der Waals surface area contributed by atoms with Crippen molar-refractivity contribution in [1.29, 1.82) is 0 Å². The van der Waals surface area contributed by atoms with E-state index in [9.17, 15) is 5.11 Å². The van der Waals surface area contributed by atoms with Crippen molar-refractivity contribution in [3.63, 3.8) is 0 Å². The van der Waals surface area contributed by atoms with Crippen molar-refractivity contribution < 1.29 is 5.11 Å². The average Bonchev–Trinajstić information content (AvgIpc) is 3.25. The van der Waals surface area contributed by atoms with E-state index in [1.54, 1.807) is 17.7 Å². The molecule has 1 aliphatic rings. The van der Waals surface area contributed by atoms with Gasteiger partial charge in [-0.3, -0.25) is 4.98 Å². The number of aryl methyl sites for hydroxylation is 1. The summed E-state index contributed by atoms with van der Waals surface area (Å²) >= 11 is 1.68. The van der Waals surface area contributed by atoms with Crippen LogP contribution >= 0.6 is 11.3 Å². The van der Waals surface area contributed by atoms with Gasteiger partial charge in [-0.05, 0) is 42.0 Å². The smallest absolute Gasteiger partial charge is 0.150 e. The molecular weight excluding hydrogens is 356 g/mol. The van der Waals surface area contributed by atoms with Crippen molar-refractivity contribution in [1.82, 2.24) is 15.0 Å². The van der Waals surface area contributed by atoms with E-state index in [0.717, 1.165) is 34.5 Å². The van der Waals surface area contributed by atoms with Gasteiger partial charge in [0.25, 0.3) is 0 Å². The van der Waals surface area contributed by atoms with Crippen molar-refractivity contribution in [3.05, 3.63) is 59.4 Å². The van der Waals surface area contributed by atoms with Gasteiger partial charge >= 0.3 is 0 Å². The average molecular weight is 376 g/mol. The van der Waals surface area contributed by atoms with Crippen LogP contribution in [0.3, 0.4) is 0 Å². The van der Waals surface area contributed by atoms with Crippen LogP contribution < -0.4 is 4.90 Å². The second kappa shape index (κ2) is 6.55. The number of aromatic nitrogens is 3. The summed E-state index contributed by atoms with van der Waals surface area (Å²) in [6, 6.07) is 10.3. The maximum atomic E-state index is 10.7. The summed E-state index contributed by atoms with van der Waals surface area (Å²) in [5, 5.41) is 14.0. The summed E-state index contributed by atoms with van der Waals surface area (Å²) in [6.07, 6.45) is 3.95. The number of nitrogens with zero attached hydrogens (tertiary/aromatic N) is 4. The zero-order valence-corrected chi connectivity index (χ0v) is 15.9. The Kier molecular flexibility index (Phi) is 4.02. The standard InChI is InChI=1S/C21H20N4OS/c1-13-11-27-20-19(13)23-12-24-21(20)25-9-15(18(26)10-25)8-14-6-7-22-17-5-3-2-4-16(14)17/h2-7,11-12,15,18,26H,8-10H2,1H3/t15-,18+/m1/s1. The number of aliphatic hydroxyl groups excluding tert-OH is 1. The zero-order valence-electron chi connectivity index (χ0n) is 15.0. The lowest BCUT2D eigenvalue weighted by Gasteiger charge is -2.18. The number of hydrogen-bond donors (Lipinski definition) is 1. The highest BCUT2D eigenvalue weighted by molar-refractivity contribution is 7.18. The first-order valence-corrected chi connectivity index (χ1v) is 10.0. The molecule has 0 saturated carbocycles. The molecule has 1 saturated heterocycles. The van der Waals surface area contributed by atoms with Crippen LogP contribution in [0.5, 0.6) is 0 Å². The van der Waals surface area contributed by atoms with Crippen molar-refractivity contribution >= 4 is 38.3 Å². The third kappa shape index (κ3) is 2.85. The number of para-hydroxylation sites is 1. The maximum Gasteiger partial charge on any atom is 0.150 e. The molecule has 4 aromatic rings. The quantitative estimate of drug-likeness (QED) is 0.592. The van der Waals surface area contributed by atoms with Crippen LogP contribution in [0.4, 0.5) is 5.82 Å². The summed E-state index contributed by atoms with van der Waals surface area (Å²) in [7, 11) is 0. The molecule has 27 heavy (non-hydrogen) atoms. The van der Waals surface area contributed by atoms with Gasteiger partial charge in [0.05, 0.1) is 21.8 Å². The van der Waals surface area contributed by atoms with Crippen LogP contribution in [-0.2, 0) is 6.42 Å². The number of rotatable bonds is 3. The molecule has 0 bridgehead atoms. The molecule has 0 radical (unpaired) electrons. The molecule has 4 heterocycles. The summed E-state index contributed by atoms with van der Waals surface area (Å²) < 4.78 is 1.11. The first-order valence-electron chi connectivity index (χ1n) is 9.15. The highest BCUT2D eigenvalue weighted by Gasteiger charge is 2.33. The monoisotopic (exact) mass is 376 g/mol. The fraction of sp³-hybridized carbons (Fsp3) is 0.286. The minimum Gasteiger partial charge on any atom is -0.391 e. The number of anilines is 1. The van der Waals surface area contributed by atoms with E-state index in [1.807, 2.05) is 24.4 Å². The molecule has 1 aromatic carbocycles. The highest BCUT2D eigenvalue weighted by Crippen LogP contribution is 2.34. The van der Waals surface area contributed by atoms with E-state index in [1.165, 1.54) is 16.5 Å². The molecule has 1 fully saturated rings. The van der Waals surface area contributed by atoms with Gasteiger partial charge < -0.3 is 10.0 Å². The minimum absolute atomic E-state index is 0.168. The number of pyridine rings is 1. The van der Waals surface area contributed by atoms with Gasteiger partial charge in [-0.2, -0.15) is 0 Å². The Morgan fingerprint density at radius 3 is 2.96 bits per heavy atom. The molecule has 1 N–H and O–H groups in total. The molecular formula is C21H20N4OS. The fourth-order valence-corrected chi connectivity index (χ4v) is 5.04. The van der Waals surface area contributed by atoms with E-state index in [4.69, 9.17) is 0 Å². The Hall–Kier alpha value is -2.57. The summed E-state index contributed by atoms with van der Waals surface area (Å²) in [5.74, 6) is 1.11. The molecule has 0 amide bonds. The SMILES string of the molecule is Cc1csc2c(N3C[C@@H](Cc4ccnc5ccccc45)[C@@H](O)C3)ncnc12. The predicted molar refractivity (Wildman–Crippen MR) is 109 cm³/mol. The zero-order chi connectivity index (χ0) is 18.4. The number of hydrogen-bond acceptors (Lipinski definition) is 6. The van der Waals surface area contributed by atoms with E-state index < -0.39 is 0 Å². The highest BCUT2D eigenvalue weighted by atomic mass is 32.1. The van der Waals surface area contributed by atoms with Crippen LogP contribution in [0.15, 0.2) is 48.2 Å². The minimum atomic E-state index is -0.372. The Balaban J connectivity index is 1.44. The van der Waals surface area contributed by atoms with Gasteiger partial charge in [-0.1, -0.05) is 18.2 Å². The molecule has 136 valence electrons. The van der Waals surface area contributed by atoms with Crippen LogP contribution in [0, 0.1) is 12.8 Å². The lowest BCUT2D eigenvalue weighted by atomic mass is 9.94. The molecule has 6 heteroatoms. The number of fused-ring (bicyclic) bond motifs is 2. The third-order valence-corrected chi connectivity index (χ3v) is 6.52. The summed E-state index contributed by atoms with van der Waals surface area (Å²) in [5.41, 5.74) is 4.44. The fourth-order valence-electron chi connectivity index (χ4n) is 4.03. The number of thiophene rings is 1. The third-order valence-electron chi connectivity index (χ3n) is 5.44. The number of aliphatic hydroxyl groups is 1. The Bertz CT molecular complexity index is 1120. The van der Waals surface area contributed by atoms with E-state index in [2.05, 4.69) is 44.3 Å². The van der Waals surface area contributed by atoms with Crippen molar-refractivity contribution in [3.8, 4) is 0 Å². The Labute approximate surface area is 161 Å². The van der Waals surface area contributed by atoms with Gasteiger partial charge in [0, 0.05) is 30.6 Å². The lowest BCUT2D eigenvalue weighted by molar-refractivity contribution is 0.148. The van der Waals surface area contributed by atoms with E-state index >= 15 is 0 Å². The Morgan fingerprint density at radius 1 is 1.15 bits per heavy atom. The number of β-amino-alcohol motifs (C(OH)–C–C–N with tert-alkyl or cyclic N) is 1. The van der Waals surface area contributed by atoms with Crippen LogP contribution in [0.25, 0.3) is 21.1 Å². The molecule has 3 aromatic heterocycles. The van der Waals surface area contributed by atoms with Crippen LogP contribution in [0.1, 0.15) is 11.1 Å². The molecule has 2 atom stereocenters. The number of benzene rings is 1. The predicted octanol–water partition coefficient (Wildman–Crippen LogP) is 3.59. The second-order valence-corrected chi connectivity index (χ2v) is 8.10. The van der Waals surface area contributed by atoms with E-state index in [-0.39, 0.29) is 12.0 Å². The van der Waals surface area contributed by atoms with Gasteiger partial charge in [-0.25, -0.2) is 9.97 Å². The second-order valence-electron chi connectivity index (χ2n) is 7.22. The van der Waals surface area contributed by atoms with Crippen molar-refractivity contribution in [2.75, 3.05) is 18.0 Å². The van der Waals surface area contributed by atoms with Gasteiger partial charge in [0.2, 0.25) is 0 Å². The first-order chi connectivity index (χ1) is 13.2. The van der Waals surface area contributed by atoms with E-state index in [0.29, 0.717) is 6.54 Å². The normalized spacial score (nSPS) is 20.0. The Morgan fingerprint density at radius 2 is 2.04 bits per heavy atom. The van der Waals surface area contributed by atoms with Crippen LogP contribution in [-0.4, -0.2) is 39.3 Å². The molecule has 1 aliphatic heterocycles. The molecule has 0 unspecified atom stereocenters. The van der Waals surface area contributed by atoms with Gasteiger partial charge in [-0.15, -0.1) is 11.3 Å². The van der Waals surface area contributed by atoms with Crippen LogP contribution in [0.2, 0.25) is 0 Å². The molecule has 5 nitrogen and oxygen atoms in total.